The van der Waals surface area contributed by atoms with E-state index in [0.717, 1.165) is 5.56 Å². The predicted molar refractivity (Wildman–Crippen MR) is 74.7 cm³/mol. The summed E-state index contributed by atoms with van der Waals surface area (Å²) < 4.78 is 10.4. The first-order valence-electron chi connectivity index (χ1n) is 6.63. The zero-order valence-corrected chi connectivity index (χ0v) is 11.7. The molecule has 0 fully saturated rings. The van der Waals surface area contributed by atoms with E-state index in [1.165, 1.54) is 0 Å². The first-order chi connectivity index (χ1) is 9.09. The van der Waals surface area contributed by atoms with Gasteiger partial charge in [0.15, 0.2) is 0 Å². The van der Waals surface area contributed by atoms with Gasteiger partial charge >= 0.3 is 5.97 Å². The lowest BCUT2D eigenvalue weighted by atomic mass is 10.1. The molecule has 1 rings (SSSR count). The number of benzene rings is 1. The van der Waals surface area contributed by atoms with Crippen LogP contribution in [0.25, 0.3) is 0 Å². The Kier molecular flexibility index (Phi) is 7.15. The van der Waals surface area contributed by atoms with Gasteiger partial charge in [-0.2, -0.15) is 0 Å². The second-order valence-corrected chi connectivity index (χ2v) is 4.93. The van der Waals surface area contributed by atoms with Gasteiger partial charge in [-0.05, 0) is 17.9 Å². The summed E-state index contributed by atoms with van der Waals surface area (Å²) in [5.41, 5.74) is 6.83. The minimum Gasteiger partial charge on any atom is -0.462 e. The molecule has 1 aromatic carbocycles. The molecule has 0 saturated heterocycles. The van der Waals surface area contributed by atoms with Crippen LogP contribution in [0, 0.1) is 5.92 Å². The van der Waals surface area contributed by atoms with Gasteiger partial charge in [-0.1, -0.05) is 44.2 Å². The smallest absolute Gasteiger partial charge is 0.323 e. The van der Waals surface area contributed by atoms with Crippen molar-refractivity contribution in [2.45, 2.75) is 26.3 Å². The monoisotopic (exact) mass is 265 g/mol. The molecule has 106 valence electrons. The molecule has 0 bridgehead atoms. The lowest BCUT2D eigenvalue weighted by Gasteiger charge is -2.12. The van der Waals surface area contributed by atoms with Crippen molar-refractivity contribution >= 4 is 5.97 Å². The van der Waals surface area contributed by atoms with Crippen LogP contribution >= 0.6 is 0 Å². The normalized spacial score (nSPS) is 12.4. The summed E-state index contributed by atoms with van der Waals surface area (Å²) in [7, 11) is 0. The highest BCUT2D eigenvalue weighted by Crippen LogP contribution is 2.03. The van der Waals surface area contributed by atoms with Gasteiger partial charge in [-0.15, -0.1) is 0 Å². The Morgan fingerprint density at radius 1 is 1.21 bits per heavy atom. The lowest BCUT2D eigenvalue weighted by Crippen LogP contribution is -2.35. The molecule has 2 N–H and O–H groups in total. The summed E-state index contributed by atoms with van der Waals surface area (Å²) in [5, 5.41) is 0. The summed E-state index contributed by atoms with van der Waals surface area (Å²) in [6.07, 6.45) is 0.493. The second kappa shape index (κ2) is 8.67. The van der Waals surface area contributed by atoms with Crippen molar-refractivity contribution in [2.24, 2.45) is 11.7 Å². The Labute approximate surface area is 114 Å². The number of nitrogens with two attached hydrogens (primary N) is 1. The molecule has 0 aliphatic carbocycles. The molecular weight excluding hydrogens is 242 g/mol. The largest absolute Gasteiger partial charge is 0.462 e. The van der Waals surface area contributed by atoms with Crippen molar-refractivity contribution in [3.63, 3.8) is 0 Å². The molecule has 0 aromatic heterocycles. The van der Waals surface area contributed by atoms with E-state index in [9.17, 15) is 4.79 Å². The second-order valence-electron chi connectivity index (χ2n) is 4.93. The zero-order valence-electron chi connectivity index (χ0n) is 11.7. The lowest BCUT2D eigenvalue weighted by molar-refractivity contribution is -0.146. The summed E-state index contributed by atoms with van der Waals surface area (Å²) in [6, 6.07) is 9.05. The first-order valence-corrected chi connectivity index (χ1v) is 6.63. The molecule has 0 saturated carbocycles. The quantitative estimate of drug-likeness (QED) is 0.575. The Morgan fingerprint density at radius 2 is 1.89 bits per heavy atom. The van der Waals surface area contributed by atoms with E-state index in [0.29, 0.717) is 25.6 Å². The average molecular weight is 265 g/mol. The maximum absolute atomic E-state index is 11.6. The summed E-state index contributed by atoms with van der Waals surface area (Å²) in [4.78, 5) is 11.6. The van der Waals surface area contributed by atoms with Crippen LogP contribution in [0.15, 0.2) is 30.3 Å². The Hall–Kier alpha value is -1.39. The molecule has 0 heterocycles. The summed E-state index contributed by atoms with van der Waals surface area (Å²) in [5.74, 6) is 0.105. The Bertz CT molecular complexity index is 365. The molecule has 4 nitrogen and oxygen atoms in total. The topological polar surface area (TPSA) is 61.5 Å². The van der Waals surface area contributed by atoms with E-state index in [4.69, 9.17) is 15.2 Å². The summed E-state index contributed by atoms with van der Waals surface area (Å²) >= 11 is 0. The minimum atomic E-state index is -0.618. The number of carbonyl (C=O) groups is 1. The van der Waals surface area contributed by atoms with E-state index >= 15 is 0 Å². The van der Waals surface area contributed by atoms with Crippen LogP contribution in [0.5, 0.6) is 0 Å². The number of carbonyl (C=O) groups excluding carboxylic acids is 1. The average Bonchev–Trinajstić information content (AvgIpc) is 2.38. The highest BCUT2D eigenvalue weighted by Gasteiger charge is 2.15. The van der Waals surface area contributed by atoms with Crippen LogP contribution in [0.4, 0.5) is 0 Å². The third-order valence-electron chi connectivity index (χ3n) is 2.52. The van der Waals surface area contributed by atoms with Crippen LogP contribution in [-0.4, -0.2) is 31.8 Å². The van der Waals surface area contributed by atoms with Crippen molar-refractivity contribution in [2.75, 3.05) is 19.8 Å². The molecule has 4 heteroatoms. The molecule has 1 atom stereocenters. The van der Waals surface area contributed by atoms with Crippen LogP contribution < -0.4 is 5.73 Å². The fourth-order valence-corrected chi connectivity index (χ4v) is 1.58. The molecule has 0 amide bonds. The van der Waals surface area contributed by atoms with Gasteiger partial charge in [0.1, 0.15) is 12.6 Å². The van der Waals surface area contributed by atoms with Gasteiger partial charge in [0.2, 0.25) is 0 Å². The highest BCUT2D eigenvalue weighted by molar-refractivity contribution is 5.75. The molecule has 0 aliphatic heterocycles. The van der Waals surface area contributed by atoms with E-state index in [-0.39, 0.29) is 12.6 Å². The van der Waals surface area contributed by atoms with Crippen LogP contribution in [-0.2, 0) is 20.7 Å². The van der Waals surface area contributed by atoms with Gasteiger partial charge < -0.3 is 15.2 Å². The third kappa shape index (κ3) is 6.94. The molecule has 0 radical (unpaired) electrons. The predicted octanol–water partition coefficient (Wildman–Crippen LogP) is 1.77. The van der Waals surface area contributed by atoms with E-state index in [2.05, 4.69) is 13.8 Å². The SMILES string of the molecule is CC(C)COCCOC(=O)[C@@H](N)Cc1ccccc1. The van der Waals surface area contributed by atoms with Gasteiger partial charge in [0, 0.05) is 6.61 Å². The first kappa shape index (κ1) is 15.7. The standard InChI is InChI=1S/C15H23NO3/c1-12(2)11-18-8-9-19-15(17)14(16)10-13-6-4-3-5-7-13/h3-7,12,14H,8-11,16H2,1-2H3/t14-/m0/s1. The van der Waals surface area contributed by atoms with Gasteiger partial charge in [-0.3, -0.25) is 4.79 Å². The third-order valence-corrected chi connectivity index (χ3v) is 2.52. The van der Waals surface area contributed by atoms with Crippen molar-refractivity contribution < 1.29 is 14.3 Å². The molecule has 0 aliphatic rings. The van der Waals surface area contributed by atoms with Crippen LogP contribution in [0.3, 0.4) is 0 Å². The number of hydrogen-bond acceptors (Lipinski definition) is 4. The fraction of sp³-hybridized carbons (Fsp3) is 0.533. The number of rotatable bonds is 8. The highest BCUT2D eigenvalue weighted by atomic mass is 16.6. The molecule has 1 aromatic rings. The molecule has 0 spiro atoms. The zero-order chi connectivity index (χ0) is 14.1. The van der Waals surface area contributed by atoms with Crippen LogP contribution in [0.1, 0.15) is 19.4 Å². The van der Waals surface area contributed by atoms with Crippen molar-refractivity contribution in [3.05, 3.63) is 35.9 Å². The minimum absolute atomic E-state index is 0.258. The van der Waals surface area contributed by atoms with Crippen LogP contribution in [0.2, 0.25) is 0 Å². The summed E-state index contributed by atoms with van der Waals surface area (Å²) in [6.45, 7) is 5.49. The van der Waals surface area contributed by atoms with E-state index in [1.54, 1.807) is 0 Å². The van der Waals surface area contributed by atoms with E-state index in [1.807, 2.05) is 30.3 Å². The van der Waals surface area contributed by atoms with E-state index < -0.39 is 6.04 Å². The Morgan fingerprint density at radius 3 is 2.53 bits per heavy atom. The maximum Gasteiger partial charge on any atom is 0.323 e. The number of esters is 1. The fourth-order valence-electron chi connectivity index (χ4n) is 1.58. The van der Waals surface area contributed by atoms with Crippen molar-refractivity contribution in [3.8, 4) is 0 Å². The molecule has 0 unspecified atom stereocenters. The Balaban J connectivity index is 2.18. The van der Waals surface area contributed by atoms with Gasteiger partial charge in [0.05, 0.1) is 6.61 Å². The number of hydrogen-bond donors (Lipinski definition) is 1. The number of ether oxygens (including phenoxy) is 2. The maximum atomic E-state index is 11.6. The molecular formula is C15H23NO3. The van der Waals surface area contributed by atoms with Crippen molar-refractivity contribution in [1.29, 1.82) is 0 Å². The molecule has 19 heavy (non-hydrogen) atoms. The van der Waals surface area contributed by atoms with Gasteiger partial charge in [0.25, 0.3) is 0 Å². The van der Waals surface area contributed by atoms with Crippen molar-refractivity contribution in [1.82, 2.24) is 0 Å². The van der Waals surface area contributed by atoms with Gasteiger partial charge in [-0.25, -0.2) is 0 Å².